The van der Waals surface area contributed by atoms with E-state index in [0.29, 0.717) is 34.7 Å². The van der Waals surface area contributed by atoms with Crippen molar-refractivity contribution in [2.45, 2.75) is 33.4 Å². The molecule has 1 aliphatic rings. The van der Waals surface area contributed by atoms with Crippen molar-refractivity contribution in [3.8, 4) is 11.5 Å². The number of nitrogens with zero attached hydrogens (tertiary/aromatic N) is 1. The summed E-state index contributed by atoms with van der Waals surface area (Å²) in [7, 11) is 1.21. The van der Waals surface area contributed by atoms with Gasteiger partial charge in [-0.1, -0.05) is 29.8 Å². The van der Waals surface area contributed by atoms with Gasteiger partial charge in [-0.15, -0.1) is 0 Å². The summed E-state index contributed by atoms with van der Waals surface area (Å²) in [6, 6.07) is 10.6. The van der Waals surface area contributed by atoms with E-state index in [9.17, 15) is 14.4 Å². The zero-order valence-electron chi connectivity index (χ0n) is 18.7. The average molecular weight is 534 g/mol. The second kappa shape index (κ2) is 10.9. The molecule has 3 rings (SSSR count). The molecule has 0 radical (unpaired) electrons. The fourth-order valence-electron chi connectivity index (χ4n) is 3.27. The quantitative estimate of drug-likeness (QED) is 0.334. The van der Waals surface area contributed by atoms with Gasteiger partial charge < -0.3 is 14.2 Å². The Morgan fingerprint density at radius 1 is 1.21 bits per heavy atom. The van der Waals surface area contributed by atoms with Gasteiger partial charge in [-0.3, -0.25) is 14.5 Å². The number of esters is 1. The fourth-order valence-corrected chi connectivity index (χ4v) is 4.76. The molecule has 0 aliphatic carbocycles. The molecule has 0 unspecified atom stereocenters. The number of hydrogen-bond acceptors (Lipinski definition) is 7. The topological polar surface area (TPSA) is 82.1 Å². The summed E-state index contributed by atoms with van der Waals surface area (Å²) < 4.78 is 17.1. The number of imide groups is 1. The van der Waals surface area contributed by atoms with E-state index in [1.165, 1.54) is 14.0 Å². The first-order valence-electron chi connectivity index (χ1n) is 10.2. The smallest absolute Gasteiger partial charge is 0.328 e. The minimum Gasteiger partial charge on any atom is -0.490 e. The Labute approximate surface area is 205 Å². The highest BCUT2D eigenvalue weighted by Gasteiger charge is 2.41. The first-order chi connectivity index (χ1) is 15.7. The van der Waals surface area contributed by atoms with Crippen LogP contribution in [-0.4, -0.2) is 41.8 Å². The summed E-state index contributed by atoms with van der Waals surface area (Å²) in [5.41, 5.74) is 2.82. The molecule has 0 saturated carbocycles. The molecule has 1 aliphatic heterocycles. The van der Waals surface area contributed by atoms with Crippen molar-refractivity contribution in [2.75, 3.05) is 13.7 Å². The molecule has 0 aromatic heterocycles. The van der Waals surface area contributed by atoms with E-state index in [1.807, 2.05) is 38.1 Å². The SMILES string of the molecule is CCOc1cc(/C=C2/SC(=O)N([C@H](C)C(=O)OC)C2=O)cc(Br)c1OCc1cccc(C)c1. The molecule has 1 saturated heterocycles. The van der Waals surface area contributed by atoms with Crippen LogP contribution in [0.2, 0.25) is 0 Å². The van der Waals surface area contributed by atoms with Crippen LogP contribution in [0.4, 0.5) is 4.79 Å². The summed E-state index contributed by atoms with van der Waals surface area (Å²) >= 11 is 4.31. The van der Waals surface area contributed by atoms with Crippen LogP contribution in [0.5, 0.6) is 11.5 Å². The van der Waals surface area contributed by atoms with Crippen molar-refractivity contribution >= 4 is 50.9 Å². The Kier molecular flexibility index (Phi) is 8.20. The molecule has 33 heavy (non-hydrogen) atoms. The van der Waals surface area contributed by atoms with Gasteiger partial charge in [-0.25, -0.2) is 4.79 Å². The minimum absolute atomic E-state index is 0.207. The number of amides is 2. The lowest BCUT2D eigenvalue weighted by molar-refractivity contribution is -0.148. The molecule has 0 spiro atoms. The van der Waals surface area contributed by atoms with Gasteiger partial charge in [0.25, 0.3) is 11.1 Å². The third-order valence-corrected chi connectivity index (χ3v) is 6.32. The molecule has 1 atom stereocenters. The molecular weight excluding hydrogens is 510 g/mol. The van der Waals surface area contributed by atoms with Crippen LogP contribution in [0.25, 0.3) is 6.08 Å². The number of ether oxygens (including phenoxy) is 3. The second-order valence-corrected chi connectivity index (χ2v) is 9.14. The van der Waals surface area contributed by atoms with Crippen LogP contribution >= 0.6 is 27.7 Å². The third-order valence-electron chi connectivity index (χ3n) is 4.85. The molecule has 0 N–H and O–H groups in total. The normalized spacial score (nSPS) is 15.7. The van der Waals surface area contributed by atoms with Crippen molar-refractivity contribution in [3.05, 3.63) is 62.5 Å². The van der Waals surface area contributed by atoms with Crippen molar-refractivity contribution < 1.29 is 28.6 Å². The largest absolute Gasteiger partial charge is 0.490 e. The van der Waals surface area contributed by atoms with E-state index >= 15 is 0 Å². The fraction of sp³-hybridized carbons (Fsp3) is 0.292. The van der Waals surface area contributed by atoms with Crippen LogP contribution in [0.15, 0.2) is 45.8 Å². The highest BCUT2D eigenvalue weighted by molar-refractivity contribution is 9.10. The predicted octanol–water partition coefficient (Wildman–Crippen LogP) is 5.33. The van der Waals surface area contributed by atoms with E-state index in [0.717, 1.165) is 27.8 Å². The van der Waals surface area contributed by atoms with Gasteiger partial charge in [0.2, 0.25) is 0 Å². The van der Waals surface area contributed by atoms with Gasteiger partial charge in [-0.05, 0) is 77.8 Å². The molecule has 174 valence electrons. The standard InChI is InChI=1S/C24H24BrNO6S/c1-5-31-19-11-17(10-18(25)21(19)32-13-16-8-6-7-14(2)9-16)12-20-22(27)26(24(29)33-20)15(3)23(28)30-4/h6-12,15H,5,13H2,1-4H3/b20-12+/t15-/m1/s1. The van der Waals surface area contributed by atoms with Crippen LogP contribution in [0, 0.1) is 6.92 Å². The van der Waals surface area contributed by atoms with E-state index < -0.39 is 23.2 Å². The van der Waals surface area contributed by atoms with Gasteiger partial charge >= 0.3 is 5.97 Å². The molecule has 7 nitrogen and oxygen atoms in total. The van der Waals surface area contributed by atoms with Crippen LogP contribution < -0.4 is 9.47 Å². The lowest BCUT2D eigenvalue weighted by Crippen LogP contribution is -2.42. The predicted molar refractivity (Wildman–Crippen MR) is 130 cm³/mol. The first-order valence-corrected chi connectivity index (χ1v) is 11.9. The second-order valence-electron chi connectivity index (χ2n) is 7.29. The third kappa shape index (κ3) is 5.78. The average Bonchev–Trinajstić information content (AvgIpc) is 3.05. The molecular formula is C24H24BrNO6S. The number of thioether (sulfide) groups is 1. The van der Waals surface area contributed by atoms with Crippen LogP contribution in [-0.2, 0) is 20.9 Å². The van der Waals surface area contributed by atoms with Gasteiger partial charge in [-0.2, -0.15) is 0 Å². The van der Waals surface area contributed by atoms with Crippen molar-refractivity contribution in [2.24, 2.45) is 0 Å². The Hall–Kier alpha value is -2.78. The summed E-state index contributed by atoms with van der Waals surface area (Å²) in [6.07, 6.45) is 1.59. The summed E-state index contributed by atoms with van der Waals surface area (Å²) in [6.45, 7) is 6.13. The number of halogens is 1. The number of benzene rings is 2. The maximum atomic E-state index is 12.8. The van der Waals surface area contributed by atoms with E-state index in [-0.39, 0.29) is 4.91 Å². The van der Waals surface area contributed by atoms with Crippen molar-refractivity contribution in [1.29, 1.82) is 0 Å². The van der Waals surface area contributed by atoms with E-state index in [2.05, 4.69) is 20.7 Å². The molecule has 2 amide bonds. The molecule has 9 heteroatoms. The number of methoxy groups -OCH3 is 1. The minimum atomic E-state index is -1.00. The number of aryl methyl sites for hydroxylation is 1. The lowest BCUT2D eigenvalue weighted by Gasteiger charge is -2.18. The van der Waals surface area contributed by atoms with Gasteiger partial charge in [0, 0.05) is 0 Å². The monoisotopic (exact) mass is 533 g/mol. The Morgan fingerprint density at radius 3 is 2.64 bits per heavy atom. The zero-order valence-corrected chi connectivity index (χ0v) is 21.1. The summed E-state index contributed by atoms with van der Waals surface area (Å²) in [4.78, 5) is 38.0. The maximum absolute atomic E-state index is 12.8. The van der Waals surface area contributed by atoms with E-state index in [4.69, 9.17) is 9.47 Å². The van der Waals surface area contributed by atoms with Gasteiger partial charge in [0.1, 0.15) is 12.6 Å². The summed E-state index contributed by atoms with van der Waals surface area (Å²) in [5, 5.41) is -0.522. The highest BCUT2D eigenvalue weighted by Crippen LogP contribution is 2.40. The Balaban J connectivity index is 1.87. The highest BCUT2D eigenvalue weighted by atomic mass is 79.9. The molecule has 1 fully saturated rings. The van der Waals surface area contributed by atoms with Crippen LogP contribution in [0.1, 0.15) is 30.5 Å². The molecule has 2 aromatic rings. The molecule has 2 aromatic carbocycles. The molecule has 1 heterocycles. The zero-order chi connectivity index (χ0) is 24.1. The maximum Gasteiger partial charge on any atom is 0.328 e. The first kappa shape index (κ1) is 24.9. The lowest BCUT2D eigenvalue weighted by atomic mass is 10.1. The number of carbonyl (C=O) groups is 3. The molecule has 0 bridgehead atoms. The van der Waals surface area contributed by atoms with Gasteiger partial charge in [0.15, 0.2) is 11.5 Å². The Bertz CT molecular complexity index is 1120. The Morgan fingerprint density at radius 2 is 1.97 bits per heavy atom. The van der Waals surface area contributed by atoms with Crippen molar-refractivity contribution in [3.63, 3.8) is 0 Å². The number of carbonyl (C=O) groups excluding carboxylic acids is 3. The van der Waals surface area contributed by atoms with Gasteiger partial charge in [0.05, 0.1) is 23.1 Å². The summed E-state index contributed by atoms with van der Waals surface area (Å²) in [5.74, 6) is -0.150. The van der Waals surface area contributed by atoms with Crippen molar-refractivity contribution in [1.82, 2.24) is 4.90 Å². The van der Waals surface area contributed by atoms with E-state index in [1.54, 1.807) is 18.2 Å². The van der Waals surface area contributed by atoms with Crippen LogP contribution in [0.3, 0.4) is 0 Å². The number of hydrogen-bond donors (Lipinski definition) is 0. The number of rotatable bonds is 8.